The maximum atomic E-state index is 5.64. The van der Waals surface area contributed by atoms with E-state index in [-0.39, 0.29) is 0 Å². The number of fused-ring (bicyclic) bond motifs is 1. The summed E-state index contributed by atoms with van der Waals surface area (Å²) in [5, 5.41) is 0. The molecule has 1 heterocycles. The Bertz CT molecular complexity index is 499. The topological polar surface area (TPSA) is 47.1 Å². The maximum absolute atomic E-state index is 5.64. The summed E-state index contributed by atoms with van der Waals surface area (Å²) in [5.41, 5.74) is 9.07. The third kappa shape index (κ3) is 1.76. The Labute approximate surface area is 95.7 Å². The first-order chi connectivity index (χ1) is 7.63. The summed E-state index contributed by atoms with van der Waals surface area (Å²) in [5.74, 6) is 0.964. The van der Waals surface area contributed by atoms with E-state index in [9.17, 15) is 0 Å². The van der Waals surface area contributed by atoms with Crippen molar-refractivity contribution < 1.29 is 0 Å². The number of hydrogen-bond donors (Lipinski definition) is 1. The van der Waals surface area contributed by atoms with Gasteiger partial charge < -0.3 is 15.2 Å². The van der Waals surface area contributed by atoms with Crippen molar-refractivity contribution in [3.05, 3.63) is 23.8 Å². The van der Waals surface area contributed by atoms with Crippen molar-refractivity contribution in [1.29, 1.82) is 0 Å². The number of aryl methyl sites for hydroxylation is 1. The van der Waals surface area contributed by atoms with Crippen molar-refractivity contribution in [3.63, 3.8) is 0 Å². The second-order valence-corrected chi connectivity index (χ2v) is 4.24. The second-order valence-electron chi connectivity index (χ2n) is 4.24. The van der Waals surface area contributed by atoms with Gasteiger partial charge >= 0.3 is 0 Å². The zero-order chi connectivity index (χ0) is 11.7. The summed E-state index contributed by atoms with van der Waals surface area (Å²) in [4.78, 5) is 6.64. The highest BCUT2D eigenvalue weighted by molar-refractivity contribution is 5.79. The first-order valence-electron chi connectivity index (χ1n) is 5.47. The number of hydrogen-bond acceptors (Lipinski definition) is 3. The molecule has 0 aliphatic rings. The summed E-state index contributed by atoms with van der Waals surface area (Å²) in [6.07, 6.45) is 0. The van der Waals surface area contributed by atoms with Crippen LogP contribution in [0.2, 0.25) is 0 Å². The molecule has 0 fully saturated rings. The normalized spacial score (nSPS) is 11.0. The van der Waals surface area contributed by atoms with Crippen LogP contribution in [0.1, 0.15) is 5.56 Å². The van der Waals surface area contributed by atoms with Gasteiger partial charge in [0.05, 0.1) is 11.0 Å². The number of nitrogens with two attached hydrogens (primary N) is 1. The third-order valence-electron chi connectivity index (χ3n) is 2.64. The molecule has 0 unspecified atom stereocenters. The molecule has 2 rings (SSSR count). The number of rotatable bonds is 3. The summed E-state index contributed by atoms with van der Waals surface area (Å²) in [6.45, 7) is 3.50. The SMILES string of the molecule is Cc1ccc2c(c1)nc(N(C)C)n2CCN. The Hall–Kier alpha value is -1.55. The first-order valence-corrected chi connectivity index (χ1v) is 5.47. The second kappa shape index (κ2) is 4.14. The molecule has 0 saturated heterocycles. The lowest BCUT2D eigenvalue weighted by Crippen LogP contribution is -2.18. The van der Waals surface area contributed by atoms with Crippen LogP contribution in [0, 0.1) is 6.92 Å². The molecule has 1 aromatic carbocycles. The zero-order valence-corrected chi connectivity index (χ0v) is 10.1. The Morgan fingerprint density at radius 1 is 1.38 bits per heavy atom. The summed E-state index contributed by atoms with van der Waals surface area (Å²) in [7, 11) is 4.00. The monoisotopic (exact) mass is 218 g/mol. The molecule has 0 atom stereocenters. The zero-order valence-electron chi connectivity index (χ0n) is 10.1. The van der Waals surface area contributed by atoms with Crippen LogP contribution in [0.25, 0.3) is 11.0 Å². The average molecular weight is 218 g/mol. The van der Waals surface area contributed by atoms with Gasteiger partial charge in [0.25, 0.3) is 0 Å². The van der Waals surface area contributed by atoms with Gasteiger partial charge in [0.1, 0.15) is 0 Å². The first kappa shape index (κ1) is 11.0. The standard InChI is InChI=1S/C12H18N4/c1-9-4-5-11-10(8-9)14-12(15(2)3)16(11)7-6-13/h4-5,8H,6-7,13H2,1-3H3. The van der Waals surface area contributed by atoms with E-state index >= 15 is 0 Å². The van der Waals surface area contributed by atoms with E-state index in [1.54, 1.807) is 0 Å². The van der Waals surface area contributed by atoms with Gasteiger partial charge in [0.15, 0.2) is 0 Å². The molecule has 4 heteroatoms. The van der Waals surface area contributed by atoms with Gasteiger partial charge in [-0.05, 0) is 24.6 Å². The maximum Gasteiger partial charge on any atom is 0.206 e. The lowest BCUT2D eigenvalue weighted by atomic mass is 10.2. The number of anilines is 1. The average Bonchev–Trinajstić information content (AvgIpc) is 2.57. The molecule has 2 N–H and O–H groups in total. The number of nitrogens with zero attached hydrogens (tertiary/aromatic N) is 3. The van der Waals surface area contributed by atoms with Gasteiger partial charge in [-0.3, -0.25) is 0 Å². The van der Waals surface area contributed by atoms with Crippen molar-refractivity contribution in [3.8, 4) is 0 Å². The van der Waals surface area contributed by atoms with Crippen LogP contribution < -0.4 is 10.6 Å². The minimum Gasteiger partial charge on any atom is -0.348 e. The smallest absolute Gasteiger partial charge is 0.206 e. The molecule has 0 amide bonds. The van der Waals surface area contributed by atoms with Crippen molar-refractivity contribution in [2.45, 2.75) is 13.5 Å². The Morgan fingerprint density at radius 3 is 2.75 bits per heavy atom. The summed E-state index contributed by atoms with van der Waals surface area (Å²) >= 11 is 0. The molecular formula is C12H18N4. The molecule has 1 aromatic heterocycles. The third-order valence-corrected chi connectivity index (χ3v) is 2.64. The highest BCUT2D eigenvalue weighted by Crippen LogP contribution is 2.22. The predicted octanol–water partition coefficient (Wildman–Crippen LogP) is 1.37. The van der Waals surface area contributed by atoms with Crippen molar-refractivity contribution in [2.75, 3.05) is 25.5 Å². The summed E-state index contributed by atoms with van der Waals surface area (Å²) in [6, 6.07) is 6.33. The van der Waals surface area contributed by atoms with E-state index in [1.807, 2.05) is 19.0 Å². The van der Waals surface area contributed by atoms with E-state index < -0.39 is 0 Å². The number of benzene rings is 1. The van der Waals surface area contributed by atoms with Gasteiger partial charge in [-0.25, -0.2) is 4.98 Å². The number of imidazole rings is 1. The van der Waals surface area contributed by atoms with E-state index in [1.165, 1.54) is 5.56 Å². The fraction of sp³-hybridized carbons (Fsp3) is 0.417. The molecule has 0 bridgehead atoms. The van der Waals surface area contributed by atoms with Crippen molar-refractivity contribution >= 4 is 17.0 Å². The fourth-order valence-corrected chi connectivity index (χ4v) is 1.92. The molecule has 0 aliphatic heterocycles. The molecule has 86 valence electrons. The van der Waals surface area contributed by atoms with Crippen LogP contribution in [0.5, 0.6) is 0 Å². The van der Waals surface area contributed by atoms with Crippen LogP contribution >= 0.6 is 0 Å². The fourth-order valence-electron chi connectivity index (χ4n) is 1.92. The molecule has 16 heavy (non-hydrogen) atoms. The molecule has 2 aromatic rings. The van der Waals surface area contributed by atoms with Crippen molar-refractivity contribution in [1.82, 2.24) is 9.55 Å². The summed E-state index contributed by atoms with van der Waals surface area (Å²) < 4.78 is 2.16. The molecule has 4 nitrogen and oxygen atoms in total. The molecule has 0 spiro atoms. The highest BCUT2D eigenvalue weighted by Gasteiger charge is 2.11. The van der Waals surface area contributed by atoms with Gasteiger partial charge in [-0.15, -0.1) is 0 Å². The minimum absolute atomic E-state index is 0.625. The quantitative estimate of drug-likeness (QED) is 0.846. The van der Waals surface area contributed by atoms with Crippen LogP contribution in [-0.2, 0) is 6.54 Å². The van der Waals surface area contributed by atoms with Gasteiger partial charge in [-0.2, -0.15) is 0 Å². The Kier molecular flexibility index (Phi) is 2.83. The molecule has 0 radical (unpaired) electrons. The largest absolute Gasteiger partial charge is 0.348 e. The van der Waals surface area contributed by atoms with E-state index in [2.05, 4.69) is 34.7 Å². The molecule has 0 saturated carbocycles. The minimum atomic E-state index is 0.625. The van der Waals surface area contributed by atoms with Crippen molar-refractivity contribution in [2.24, 2.45) is 5.73 Å². The number of aromatic nitrogens is 2. The van der Waals surface area contributed by atoms with Gasteiger partial charge in [0, 0.05) is 27.2 Å². The lowest BCUT2D eigenvalue weighted by Gasteiger charge is -2.13. The Morgan fingerprint density at radius 2 is 2.12 bits per heavy atom. The van der Waals surface area contributed by atoms with Crippen LogP contribution in [0.3, 0.4) is 0 Å². The lowest BCUT2D eigenvalue weighted by molar-refractivity contribution is 0.719. The molecular weight excluding hydrogens is 200 g/mol. The van der Waals surface area contributed by atoms with Crippen LogP contribution in [0.4, 0.5) is 5.95 Å². The van der Waals surface area contributed by atoms with E-state index in [0.29, 0.717) is 6.54 Å². The predicted molar refractivity (Wildman–Crippen MR) is 67.9 cm³/mol. The van der Waals surface area contributed by atoms with Crippen LogP contribution in [0.15, 0.2) is 18.2 Å². The molecule has 0 aliphatic carbocycles. The van der Waals surface area contributed by atoms with Gasteiger partial charge in [-0.1, -0.05) is 6.07 Å². The van der Waals surface area contributed by atoms with Gasteiger partial charge in [0.2, 0.25) is 5.95 Å². The highest BCUT2D eigenvalue weighted by atomic mass is 15.3. The Balaban J connectivity index is 2.65. The van der Waals surface area contributed by atoms with E-state index in [4.69, 9.17) is 5.73 Å². The van der Waals surface area contributed by atoms with E-state index in [0.717, 1.165) is 23.5 Å². The van der Waals surface area contributed by atoms with Crippen LogP contribution in [-0.4, -0.2) is 30.2 Å².